The van der Waals surface area contributed by atoms with E-state index in [0.29, 0.717) is 11.6 Å². The topological polar surface area (TPSA) is 45.5 Å². The van der Waals surface area contributed by atoms with Gasteiger partial charge in [-0.05, 0) is 43.2 Å². The van der Waals surface area contributed by atoms with Crippen molar-refractivity contribution < 1.29 is 9.21 Å². The number of furan rings is 1. The van der Waals surface area contributed by atoms with Crippen molar-refractivity contribution in [3.05, 3.63) is 53.5 Å². The van der Waals surface area contributed by atoms with E-state index in [-0.39, 0.29) is 5.91 Å². The second-order valence-corrected chi connectivity index (χ2v) is 5.67. The van der Waals surface area contributed by atoms with Gasteiger partial charge in [-0.25, -0.2) is 0 Å². The first-order valence-electron chi connectivity index (χ1n) is 7.29. The third-order valence-electron chi connectivity index (χ3n) is 3.93. The molecule has 4 heteroatoms. The minimum absolute atomic E-state index is 0.0244. The quantitative estimate of drug-likeness (QED) is 0.938. The number of hydrogen-bond acceptors (Lipinski definition) is 3. The number of nitrogens with one attached hydrogen (secondary N) is 1. The van der Waals surface area contributed by atoms with E-state index in [2.05, 4.69) is 11.4 Å². The van der Waals surface area contributed by atoms with Crippen LogP contribution in [0.4, 0.5) is 5.69 Å². The maximum Gasteiger partial charge on any atom is 0.253 e. The van der Waals surface area contributed by atoms with Gasteiger partial charge in [0.1, 0.15) is 5.76 Å². The largest absolute Gasteiger partial charge is 0.469 e. The Bertz CT molecular complexity index is 628. The van der Waals surface area contributed by atoms with Crippen LogP contribution in [0.2, 0.25) is 0 Å². The Morgan fingerprint density at radius 1 is 1.24 bits per heavy atom. The van der Waals surface area contributed by atoms with Crippen molar-refractivity contribution in [2.24, 2.45) is 0 Å². The molecule has 21 heavy (non-hydrogen) atoms. The molecule has 2 aromatic rings. The van der Waals surface area contributed by atoms with Gasteiger partial charge in [0.2, 0.25) is 0 Å². The van der Waals surface area contributed by atoms with E-state index in [0.717, 1.165) is 30.7 Å². The van der Waals surface area contributed by atoms with Crippen LogP contribution in [0.25, 0.3) is 0 Å². The van der Waals surface area contributed by atoms with Gasteiger partial charge < -0.3 is 14.6 Å². The molecule has 1 aliphatic rings. The van der Waals surface area contributed by atoms with Crippen molar-refractivity contribution in [3.63, 3.8) is 0 Å². The maximum absolute atomic E-state index is 11.9. The van der Waals surface area contributed by atoms with E-state index in [4.69, 9.17) is 4.42 Å². The lowest BCUT2D eigenvalue weighted by molar-refractivity contribution is 0.0827. The van der Waals surface area contributed by atoms with E-state index in [1.54, 1.807) is 25.3 Å². The minimum Gasteiger partial charge on any atom is -0.469 e. The monoisotopic (exact) mass is 284 g/mol. The summed E-state index contributed by atoms with van der Waals surface area (Å²) in [6.45, 7) is 0. The first-order valence-corrected chi connectivity index (χ1v) is 7.29. The molecule has 3 rings (SSSR count). The van der Waals surface area contributed by atoms with E-state index < -0.39 is 0 Å². The third kappa shape index (κ3) is 2.79. The molecule has 1 aromatic heterocycles. The zero-order valence-corrected chi connectivity index (χ0v) is 12.4. The lowest BCUT2D eigenvalue weighted by atomic mass is 9.93. The Balaban J connectivity index is 1.74. The highest BCUT2D eigenvalue weighted by molar-refractivity contribution is 5.94. The molecule has 0 saturated carbocycles. The first-order chi connectivity index (χ1) is 10.1. The van der Waals surface area contributed by atoms with Crippen molar-refractivity contribution in [1.29, 1.82) is 0 Å². The molecule has 1 aliphatic carbocycles. The number of hydrogen-bond donors (Lipinski definition) is 1. The van der Waals surface area contributed by atoms with Crippen LogP contribution in [0.1, 0.15) is 40.6 Å². The fraction of sp³-hybridized carbons (Fsp3) is 0.353. The number of rotatable bonds is 3. The maximum atomic E-state index is 11.9. The minimum atomic E-state index is 0.0244. The summed E-state index contributed by atoms with van der Waals surface area (Å²) in [5, 5.41) is 3.53. The van der Waals surface area contributed by atoms with Crippen LogP contribution in [0, 0.1) is 0 Å². The zero-order chi connectivity index (χ0) is 14.8. The summed E-state index contributed by atoms with van der Waals surface area (Å²) in [6.07, 6.45) is 5.03. The molecular weight excluding hydrogens is 264 g/mol. The molecular formula is C17H20N2O2. The van der Waals surface area contributed by atoms with E-state index >= 15 is 0 Å². The standard InChI is InChI=1S/C17H20N2O2/c1-19(2)17(20)12-6-8-13(9-7-12)18-15-4-3-5-16-14(15)10-11-21-16/h6-11,15,18H,3-5H2,1-2H3. The van der Waals surface area contributed by atoms with Gasteiger partial charge in [-0.2, -0.15) is 0 Å². The molecule has 0 bridgehead atoms. The molecule has 1 unspecified atom stereocenters. The van der Waals surface area contributed by atoms with Gasteiger partial charge in [0.05, 0.1) is 12.3 Å². The summed E-state index contributed by atoms with van der Waals surface area (Å²) < 4.78 is 5.51. The smallest absolute Gasteiger partial charge is 0.253 e. The first kappa shape index (κ1) is 13.7. The molecule has 0 fully saturated rings. The average Bonchev–Trinajstić information content (AvgIpc) is 2.97. The summed E-state index contributed by atoms with van der Waals surface area (Å²) in [5.41, 5.74) is 3.00. The average molecular weight is 284 g/mol. The van der Waals surface area contributed by atoms with Crippen molar-refractivity contribution in [3.8, 4) is 0 Å². The van der Waals surface area contributed by atoms with Crippen LogP contribution in [-0.2, 0) is 6.42 Å². The van der Waals surface area contributed by atoms with Gasteiger partial charge in [0.25, 0.3) is 5.91 Å². The van der Waals surface area contributed by atoms with Crippen molar-refractivity contribution >= 4 is 11.6 Å². The lowest BCUT2D eigenvalue weighted by Crippen LogP contribution is -2.21. The summed E-state index contributed by atoms with van der Waals surface area (Å²) >= 11 is 0. The molecule has 1 N–H and O–H groups in total. The predicted molar refractivity (Wildman–Crippen MR) is 82.5 cm³/mol. The third-order valence-corrected chi connectivity index (χ3v) is 3.93. The molecule has 1 atom stereocenters. The van der Waals surface area contributed by atoms with Crippen LogP contribution in [0.15, 0.2) is 41.0 Å². The van der Waals surface area contributed by atoms with Crippen LogP contribution in [-0.4, -0.2) is 24.9 Å². The number of fused-ring (bicyclic) bond motifs is 1. The van der Waals surface area contributed by atoms with Gasteiger partial charge >= 0.3 is 0 Å². The molecule has 4 nitrogen and oxygen atoms in total. The number of carbonyl (C=O) groups excluding carboxylic acids is 1. The normalized spacial score (nSPS) is 17.1. The molecule has 0 radical (unpaired) electrons. The fourth-order valence-electron chi connectivity index (χ4n) is 2.80. The number of aryl methyl sites for hydroxylation is 1. The van der Waals surface area contributed by atoms with Crippen molar-refractivity contribution in [2.75, 3.05) is 19.4 Å². The van der Waals surface area contributed by atoms with Gasteiger partial charge in [-0.1, -0.05) is 0 Å². The number of carbonyl (C=O) groups is 1. The van der Waals surface area contributed by atoms with Crippen molar-refractivity contribution in [1.82, 2.24) is 4.90 Å². The molecule has 110 valence electrons. The van der Waals surface area contributed by atoms with E-state index in [1.165, 1.54) is 5.56 Å². The Kier molecular flexibility index (Phi) is 3.69. The highest BCUT2D eigenvalue weighted by Crippen LogP contribution is 2.33. The van der Waals surface area contributed by atoms with Gasteiger partial charge in [0.15, 0.2) is 0 Å². The number of benzene rings is 1. The summed E-state index contributed by atoms with van der Waals surface area (Å²) in [6, 6.07) is 10.0. The Hall–Kier alpha value is -2.23. The second-order valence-electron chi connectivity index (χ2n) is 5.67. The summed E-state index contributed by atoms with van der Waals surface area (Å²) in [7, 11) is 3.52. The Labute approximate surface area is 124 Å². The highest BCUT2D eigenvalue weighted by atomic mass is 16.3. The van der Waals surface area contributed by atoms with Gasteiger partial charge in [-0.15, -0.1) is 0 Å². The summed E-state index contributed by atoms with van der Waals surface area (Å²) in [4.78, 5) is 13.5. The molecule has 1 heterocycles. The molecule has 0 saturated heterocycles. The van der Waals surface area contributed by atoms with Crippen molar-refractivity contribution in [2.45, 2.75) is 25.3 Å². The lowest BCUT2D eigenvalue weighted by Gasteiger charge is -2.24. The Morgan fingerprint density at radius 2 is 2.00 bits per heavy atom. The summed E-state index contributed by atoms with van der Waals surface area (Å²) in [5.74, 6) is 1.12. The fourth-order valence-corrected chi connectivity index (χ4v) is 2.80. The SMILES string of the molecule is CN(C)C(=O)c1ccc(NC2CCCc3occc32)cc1. The molecule has 1 aromatic carbocycles. The van der Waals surface area contributed by atoms with Crippen LogP contribution >= 0.6 is 0 Å². The van der Waals surface area contributed by atoms with E-state index in [9.17, 15) is 4.79 Å². The highest BCUT2D eigenvalue weighted by Gasteiger charge is 2.22. The number of nitrogens with zero attached hydrogens (tertiary/aromatic N) is 1. The molecule has 0 aliphatic heterocycles. The van der Waals surface area contributed by atoms with Gasteiger partial charge in [0, 0.05) is 37.3 Å². The zero-order valence-electron chi connectivity index (χ0n) is 12.4. The second kappa shape index (κ2) is 5.64. The Morgan fingerprint density at radius 3 is 2.71 bits per heavy atom. The molecule has 1 amide bonds. The predicted octanol–water partition coefficient (Wildman–Crippen LogP) is 3.47. The van der Waals surface area contributed by atoms with E-state index in [1.807, 2.05) is 24.3 Å². The number of amides is 1. The van der Waals surface area contributed by atoms with Crippen LogP contribution in [0.5, 0.6) is 0 Å². The van der Waals surface area contributed by atoms with Crippen LogP contribution < -0.4 is 5.32 Å². The van der Waals surface area contributed by atoms with Gasteiger partial charge in [-0.3, -0.25) is 4.79 Å². The number of anilines is 1. The molecule has 0 spiro atoms. The van der Waals surface area contributed by atoms with Crippen LogP contribution in [0.3, 0.4) is 0 Å².